The monoisotopic (exact) mass is 343 g/mol. The molecule has 0 aromatic heterocycles. The van der Waals surface area contributed by atoms with Crippen molar-refractivity contribution in [1.82, 2.24) is 5.32 Å². The first kappa shape index (κ1) is 16.7. The molecule has 0 saturated heterocycles. The minimum Gasteiger partial charge on any atom is -0.381 e. The molecule has 5 heteroatoms. The van der Waals surface area contributed by atoms with Crippen molar-refractivity contribution in [3.63, 3.8) is 0 Å². The summed E-state index contributed by atoms with van der Waals surface area (Å²) in [7, 11) is -3.66. The molecule has 4 nitrogen and oxygen atoms in total. The van der Waals surface area contributed by atoms with Crippen molar-refractivity contribution in [2.24, 2.45) is 0 Å². The lowest BCUT2D eigenvalue weighted by atomic mass is 9.89. The summed E-state index contributed by atoms with van der Waals surface area (Å²) in [5, 5.41) is 4.50. The van der Waals surface area contributed by atoms with Crippen molar-refractivity contribution in [3.05, 3.63) is 82.9 Å². The Labute approximate surface area is 143 Å². The fourth-order valence-electron chi connectivity index (χ4n) is 2.96. The third-order valence-corrected chi connectivity index (χ3v) is 5.33. The Hall–Kier alpha value is -2.11. The van der Waals surface area contributed by atoms with Crippen LogP contribution in [0.25, 0.3) is 0 Å². The van der Waals surface area contributed by atoms with Crippen LogP contribution in [0.2, 0.25) is 0 Å². The second-order valence-electron chi connectivity index (χ2n) is 5.96. The summed E-state index contributed by atoms with van der Waals surface area (Å²) in [5.41, 5.74) is 1.89. The van der Waals surface area contributed by atoms with Gasteiger partial charge in [-0.2, -0.15) is 8.42 Å². The molecule has 0 amide bonds. The van der Waals surface area contributed by atoms with Crippen LogP contribution in [0, 0.1) is 0 Å². The van der Waals surface area contributed by atoms with Gasteiger partial charge in [-0.3, -0.25) is 4.18 Å². The summed E-state index contributed by atoms with van der Waals surface area (Å²) in [4.78, 5) is 0. The molecule has 0 radical (unpaired) electrons. The lowest BCUT2D eigenvalue weighted by Gasteiger charge is -2.30. The van der Waals surface area contributed by atoms with Crippen LogP contribution in [0.1, 0.15) is 24.5 Å². The van der Waals surface area contributed by atoms with Crippen LogP contribution in [-0.2, 0) is 27.3 Å². The molecule has 0 bridgehead atoms. The van der Waals surface area contributed by atoms with E-state index in [1.807, 2.05) is 67.6 Å². The SMILES string of the molecule is CCC1(Cc2ccccc2)OS(=O)(=O)C=C1NCc1ccccc1. The van der Waals surface area contributed by atoms with Crippen molar-refractivity contribution in [1.29, 1.82) is 0 Å². The quantitative estimate of drug-likeness (QED) is 0.817. The number of rotatable bonds is 6. The topological polar surface area (TPSA) is 55.4 Å². The minimum absolute atomic E-state index is 0.511. The molecule has 1 atom stereocenters. The van der Waals surface area contributed by atoms with Crippen LogP contribution in [0.15, 0.2) is 71.8 Å². The molecule has 1 aliphatic rings. The molecule has 2 aromatic rings. The zero-order chi connectivity index (χ0) is 17.0. The van der Waals surface area contributed by atoms with Crippen molar-refractivity contribution in [2.45, 2.75) is 31.9 Å². The number of benzene rings is 2. The van der Waals surface area contributed by atoms with Crippen molar-refractivity contribution in [2.75, 3.05) is 0 Å². The molecule has 1 N–H and O–H groups in total. The first-order valence-corrected chi connectivity index (χ1v) is 9.50. The minimum atomic E-state index is -3.66. The van der Waals surface area contributed by atoms with Gasteiger partial charge in [-0.25, -0.2) is 0 Å². The predicted octanol–water partition coefficient (Wildman–Crippen LogP) is 3.37. The van der Waals surface area contributed by atoms with Gasteiger partial charge in [0.1, 0.15) is 5.60 Å². The van der Waals surface area contributed by atoms with Crippen molar-refractivity contribution in [3.8, 4) is 0 Å². The average molecular weight is 343 g/mol. The molecule has 126 valence electrons. The van der Waals surface area contributed by atoms with Crippen LogP contribution in [-0.4, -0.2) is 14.0 Å². The van der Waals surface area contributed by atoms with E-state index in [2.05, 4.69) is 5.32 Å². The van der Waals surface area contributed by atoms with E-state index >= 15 is 0 Å². The molecule has 0 fully saturated rings. The van der Waals surface area contributed by atoms with E-state index in [4.69, 9.17) is 4.18 Å². The lowest BCUT2D eigenvalue weighted by Crippen LogP contribution is -2.39. The smallest absolute Gasteiger partial charge is 0.292 e. The van der Waals surface area contributed by atoms with Gasteiger partial charge in [0.2, 0.25) is 0 Å². The van der Waals surface area contributed by atoms with Gasteiger partial charge in [0.15, 0.2) is 0 Å². The third kappa shape index (κ3) is 3.68. The van der Waals surface area contributed by atoms with Crippen molar-refractivity contribution >= 4 is 10.1 Å². The number of nitrogens with one attached hydrogen (secondary N) is 1. The molecule has 1 unspecified atom stereocenters. The van der Waals surface area contributed by atoms with E-state index < -0.39 is 15.7 Å². The highest BCUT2D eigenvalue weighted by atomic mass is 32.2. The fraction of sp³-hybridized carbons (Fsp3) is 0.263. The zero-order valence-corrected chi connectivity index (χ0v) is 14.4. The molecular weight excluding hydrogens is 322 g/mol. The summed E-state index contributed by atoms with van der Waals surface area (Å²) >= 11 is 0. The van der Waals surface area contributed by atoms with E-state index in [1.165, 1.54) is 5.41 Å². The van der Waals surface area contributed by atoms with Crippen LogP contribution >= 0.6 is 0 Å². The van der Waals surface area contributed by atoms with Gasteiger partial charge in [-0.05, 0) is 17.5 Å². The highest BCUT2D eigenvalue weighted by Gasteiger charge is 2.44. The van der Waals surface area contributed by atoms with Crippen LogP contribution in [0.3, 0.4) is 0 Å². The van der Waals surface area contributed by atoms with E-state index in [-0.39, 0.29) is 0 Å². The van der Waals surface area contributed by atoms with E-state index in [9.17, 15) is 8.42 Å². The summed E-state index contributed by atoms with van der Waals surface area (Å²) in [5.74, 6) is 0. The Kier molecular flexibility index (Phi) is 4.73. The van der Waals surface area contributed by atoms with Crippen LogP contribution < -0.4 is 5.32 Å². The Balaban J connectivity index is 1.85. The summed E-state index contributed by atoms with van der Waals surface area (Å²) < 4.78 is 29.7. The third-order valence-electron chi connectivity index (χ3n) is 4.26. The van der Waals surface area contributed by atoms with Crippen LogP contribution in [0.4, 0.5) is 0 Å². The van der Waals surface area contributed by atoms with Gasteiger partial charge in [0, 0.05) is 13.0 Å². The maximum Gasteiger partial charge on any atom is 0.292 e. The normalized spacial score (nSPS) is 22.1. The molecule has 0 saturated carbocycles. The molecule has 24 heavy (non-hydrogen) atoms. The molecule has 2 aromatic carbocycles. The van der Waals surface area contributed by atoms with Gasteiger partial charge in [-0.1, -0.05) is 67.6 Å². The Morgan fingerprint density at radius 1 is 0.958 bits per heavy atom. The Bertz CT molecular complexity index is 816. The first-order valence-electron chi connectivity index (χ1n) is 8.02. The van der Waals surface area contributed by atoms with Gasteiger partial charge >= 0.3 is 0 Å². The van der Waals surface area contributed by atoms with Gasteiger partial charge in [-0.15, -0.1) is 0 Å². The second-order valence-corrected chi connectivity index (χ2v) is 7.34. The number of hydrogen-bond donors (Lipinski definition) is 1. The molecule has 0 spiro atoms. The first-order chi connectivity index (χ1) is 11.5. The highest BCUT2D eigenvalue weighted by molar-refractivity contribution is 7.90. The molecular formula is C19H21NO3S. The average Bonchev–Trinajstić information content (AvgIpc) is 2.85. The summed E-state index contributed by atoms with van der Waals surface area (Å²) in [6, 6.07) is 19.7. The largest absolute Gasteiger partial charge is 0.381 e. The fourth-order valence-corrected chi connectivity index (χ4v) is 4.31. The maximum absolute atomic E-state index is 12.1. The molecule has 3 rings (SSSR count). The van der Waals surface area contributed by atoms with Gasteiger partial charge < -0.3 is 5.32 Å². The number of hydrogen-bond acceptors (Lipinski definition) is 4. The molecule has 0 aliphatic carbocycles. The highest BCUT2D eigenvalue weighted by Crippen LogP contribution is 2.36. The van der Waals surface area contributed by atoms with Crippen LogP contribution in [0.5, 0.6) is 0 Å². The van der Waals surface area contributed by atoms with Gasteiger partial charge in [0.25, 0.3) is 10.1 Å². The summed E-state index contributed by atoms with van der Waals surface area (Å²) in [6.45, 7) is 2.50. The van der Waals surface area contributed by atoms with E-state index in [1.54, 1.807) is 0 Å². The van der Waals surface area contributed by atoms with Gasteiger partial charge in [0.05, 0.1) is 11.1 Å². The second kappa shape index (κ2) is 6.79. The zero-order valence-electron chi connectivity index (χ0n) is 13.6. The maximum atomic E-state index is 12.1. The Morgan fingerprint density at radius 2 is 1.54 bits per heavy atom. The van der Waals surface area contributed by atoms with E-state index in [0.717, 1.165) is 11.1 Å². The Morgan fingerprint density at radius 3 is 2.12 bits per heavy atom. The predicted molar refractivity (Wildman–Crippen MR) is 94.5 cm³/mol. The molecule has 1 heterocycles. The summed E-state index contributed by atoms with van der Waals surface area (Å²) in [6.07, 6.45) is 1.08. The standard InChI is InChI=1S/C19H21NO3S/c1-2-19(13-16-9-5-3-6-10-16)18(15-24(21,22)23-19)20-14-17-11-7-4-8-12-17/h3-12,15,20H,2,13-14H2,1H3. The lowest BCUT2D eigenvalue weighted by molar-refractivity contribution is 0.116. The van der Waals surface area contributed by atoms with Crippen molar-refractivity contribution < 1.29 is 12.6 Å². The van der Waals surface area contributed by atoms with E-state index in [0.29, 0.717) is 25.1 Å². The molecule has 1 aliphatic heterocycles.